The molecule has 18 heavy (non-hydrogen) atoms. The number of hydrogen-bond acceptors (Lipinski definition) is 6. The first-order chi connectivity index (χ1) is 8.74. The van der Waals surface area contributed by atoms with Crippen molar-refractivity contribution in [1.82, 2.24) is 15.2 Å². The van der Waals surface area contributed by atoms with Gasteiger partial charge in [-0.15, -0.1) is 21.5 Å². The number of hydrogen-bond donors (Lipinski definition) is 1. The molecule has 0 amide bonds. The highest BCUT2D eigenvalue weighted by molar-refractivity contribution is 7.23. The van der Waals surface area contributed by atoms with Gasteiger partial charge in [0.05, 0.1) is 15.6 Å². The van der Waals surface area contributed by atoms with Crippen molar-refractivity contribution in [2.45, 2.75) is 40.0 Å². The monoisotopic (exact) mass is 282 g/mol. The summed E-state index contributed by atoms with van der Waals surface area (Å²) in [6.45, 7) is 7.31. The van der Waals surface area contributed by atoms with E-state index in [9.17, 15) is 0 Å². The summed E-state index contributed by atoms with van der Waals surface area (Å²) >= 11 is 3.32. The minimum absolute atomic E-state index is 0.909. The first-order valence-electron chi connectivity index (χ1n) is 6.28. The van der Waals surface area contributed by atoms with Gasteiger partial charge in [-0.25, -0.2) is 4.98 Å². The fourth-order valence-electron chi connectivity index (χ4n) is 1.64. The van der Waals surface area contributed by atoms with Gasteiger partial charge in [-0.1, -0.05) is 31.6 Å². The molecule has 0 saturated heterocycles. The molecule has 6 heteroatoms. The van der Waals surface area contributed by atoms with Gasteiger partial charge >= 0.3 is 0 Å². The molecule has 0 spiro atoms. The number of unbranched alkanes of at least 4 members (excludes halogenated alkanes) is 1. The minimum atomic E-state index is 0.909. The third kappa shape index (κ3) is 3.05. The zero-order valence-corrected chi connectivity index (χ0v) is 12.6. The van der Waals surface area contributed by atoms with Gasteiger partial charge in [0.15, 0.2) is 5.01 Å². The number of aromatic nitrogens is 3. The van der Waals surface area contributed by atoms with Crippen LogP contribution in [0, 0.1) is 6.92 Å². The minimum Gasteiger partial charge on any atom is -0.360 e. The fraction of sp³-hybridized carbons (Fsp3) is 0.583. The lowest BCUT2D eigenvalue weighted by molar-refractivity contribution is 0.831. The van der Waals surface area contributed by atoms with E-state index in [1.54, 1.807) is 22.7 Å². The van der Waals surface area contributed by atoms with Crippen molar-refractivity contribution in [2.24, 2.45) is 0 Å². The van der Waals surface area contributed by atoms with E-state index in [2.05, 4.69) is 34.3 Å². The Labute approximate surface area is 116 Å². The molecule has 0 unspecified atom stereocenters. The Bertz CT molecular complexity index is 504. The lowest BCUT2D eigenvalue weighted by Crippen LogP contribution is -1.99. The van der Waals surface area contributed by atoms with Crippen molar-refractivity contribution in [3.8, 4) is 9.88 Å². The number of rotatable bonds is 6. The molecule has 0 bridgehead atoms. The quantitative estimate of drug-likeness (QED) is 0.820. The molecule has 0 aliphatic carbocycles. The van der Waals surface area contributed by atoms with Crippen LogP contribution in [0.15, 0.2) is 0 Å². The fourth-order valence-corrected chi connectivity index (χ4v) is 3.50. The Hall–Kier alpha value is -1.01. The molecule has 0 aliphatic heterocycles. The van der Waals surface area contributed by atoms with Crippen LogP contribution in [-0.2, 0) is 6.42 Å². The van der Waals surface area contributed by atoms with Crippen LogP contribution in [0.2, 0.25) is 0 Å². The van der Waals surface area contributed by atoms with Gasteiger partial charge in [0.25, 0.3) is 0 Å². The number of thiazole rings is 1. The topological polar surface area (TPSA) is 50.7 Å². The number of aryl methyl sites for hydroxylation is 2. The molecule has 2 aromatic heterocycles. The van der Waals surface area contributed by atoms with E-state index in [4.69, 9.17) is 0 Å². The second-order valence-electron chi connectivity index (χ2n) is 4.05. The van der Waals surface area contributed by atoms with Gasteiger partial charge in [0.1, 0.15) is 0 Å². The van der Waals surface area contributed by atoms with Gasteiger partial charge in [0, 0.05) is 6.54 Å². The van der Waals surface area contributed by atoms with Crippen molar-refractivity contribution >= 4 is 27.8 Å². The molecule has 0 aliphatic rings. The molecule has 0 saturated carbocycles. The van der Waals surface area contributed by atoms with E-state index in [0.29, 0.717) is 0 Å². The van der Waals surface area contributed by atoms with Crippen molar-refractivity contribution < 1.29 is 0 Å². The summed E-state index contributed by atoms with van der Waals surface area (Å²) < 4.78 is 0. The van der Waals surface area contributed by atoms with E-state index < -0.39 is 0 Å². The second-order valence-corrected chi connectivity index (χ2v) is 6.24. The van der Waals surface area contributed by atoms with E-state index in [-0.39, 0.29) is 0 Å². The van der Waals surface area contributed by atoms with Gasteiger partial charge in [-0.3, -0.25) is 0 Å². The highest BCUT2D eigenvalue weighted by Gasteiger charge is 2.14. The third-order valence-electron chi connectivity index (χ3n) is 2.56. The Balaban J connectivity index is 2.13. The maximum absolute atomic E-state index is 4.53. The maximum atomic E-state index is 4.53. The molecule has 0 atom stereocenters. The van der Waals surface area contributed by atoms with Crippen LogP contribution in [0.5, 0.6) is 0 Å². The second kappa shape index (κ2) is 6.24. The van der Waals surface area contributed by atoms with Crippen LogP contribution in [0.1, 0.15) is 37.4 Å². The Morgan fingerprint density at radius 2 is 2.00 bits per heavy atom. The van der Waals surface area contributed by atoms with Gasteiger partial charge in [0.2, 0.25) is 5.13 Å². The van der Waals surface area contributed by atoms with E-state index in [1.807, 2.05) is 6.92 Å². The highest BCUT2D eigenvalue weighted by Crippen LogP contribution is 2.33. The Morgan fingerprint density at radius 3 is 2.72 bits per heavy atom. The molecule has 2 rings (SSSR count). The summed E-state index contributed by atoms with van der Waals surface area (Å²) in [5.41, 5.74) is 1.13. The summed E-state index contributed by atoms with van der Waals surface area (Å²) in [6.07, 6.45) is 3.29. The molecule has 0 fully saturated rings. The largest absolute Gasteiger partial charge is 0.360 e. The zero-order chi connectivity index (χ0) is 13.0. The first-order valence-corrected chi connectivity index (χ1v) is 7.92. The lowest BCUT2D eigenvalue weighted by atomic mass is 10.3. The molecule has 4 nitrogen and oxygen atoms in total. The smallest absolute Gasteiger partial charge is 0.206 e. The first kappa shape index (κ1) is 13.4. The molecule has 2 aromatic rings. The van der Waals surface area contributed by atoms with Crippen LogP contribution >= 0.6 is 22.7 Å². The maximum Gasteiger partial charge on any atom is 0.206 e. The Morgan fingerprint density at radius 1 is 1.17 bits per heavy atom. The summed E-state index contributed by atoms with van der Waals surface area (Å²) in [5.74, 6) is 0. The number of nitrogens with one attached hydrogen (secondary N) is 1. The van der Waals surface area contributed by atoms with Crippen LogP contribution < -0.4 is 5.32 Å². The predicted octanol–water partition coefficient (Wildman–Crippen LogP) is 3.74. The van der Waals surface area contributed by atoms with E-state index in [0.717, 1.165) is 40.2 Å². The third-order valence-corrected chi connectivity index (χ3v) is 4.61. The molecule has 98 valence electrons. The summed E-state index contributed by atoms with van der Waals surface area (Å²) in [5, 5.41) is 14.7. The number of nitrogens with zero attached hydrogens (tertiary/aromatic N) is 3. The van der Waals surface area contributed by atoms with Crippen LogP contribution in [0.4, 0.5) is 5.13 Å². The van der Waals surface area contributed by atoms with Gasteiger partial charge in [-0.05, 0) is 19.8 Å². The predicted molar refractivity (Wildman–Crippen MR) is 78.5 cm³/mol. The molecule has 2 heterocycles. The van der Waals surface area contributed by atoms with Crippen LogP contribution in [0.25, 0.3) is 9.88 Å². The molecular formula is C12H18N4S2. The molecule has 0 radical (unpaired) electrons. The zero-order valence-electron chi connectivity index (χ0n) is 11.0. The van der Waals surface area contributed by atoms with E-state index >= 15 is 0 Å². The van der Waals surface area contributed by atoms with Gasteiger partial charge < -0.3 is 5.32 Å². The average molecular weight is 282 g/mol. The number of anilines is 1. The van der Waals surface area contributed by atoms with Crippen molar-refractivity contribution in [3.05, 3.63) is 10.7 Å². The molecule has 1 N–H and O–H groups in total. The summed E-state index contributed by atoms with van der Waals surface area (Å²) in [7, 11) is 0. The Kier molecular flexibility index (Phi) is 4.66. The van der Waals surface area contributed by atoms with Gasteiger partial charge in [-0.2, -0.15) is 0 Å². The van der Waals surface area contributed by atoms with Crippen LogP contribution in [-0.4, -0.2) is 21.7 Å². The standard InChI is InChI=1S/C12H18N4S2/c1-4-6-7-13-12-16-15-11(18-12)10-9(5-2)14-8(3)17-10/h4-7H2,1-3H3,(H,13,16). The molecule has 0 aromatic carbocycles. The lowest BCUT2D eigenvalue weighted by Gasteiger charge is -1.97. The van der Waals surface area contributed by atoms with Crippen LogP contribution in [0.3, 0.4) is 0 Å². The average Bonchev–Trinajstić information content (AvgIpc) is 2.95. The normalized spacial score (nSPS) is 10.8. The van der Waals surface area contributed by atoms with Crippen molar-refractivity contribution in [3.63, 3.8) is 0 Å². The highest BCUT2D eigenvalue weighted by atomic mass is 32.1. The summed E-state index contributed by atoms with van der Waals surface area (Å²) in [4.78, 5) is 5.70. The van der Waals surface area contributed by atoms with E-state index in [1.165, 1.54) is 11.3 Å². The van der Waals surface area contributed by atoms with Crippen molar-refractivity contribution in [1.29, 1.82) is 0 Å². The summed E-state index contributed by atoms with van der Waals surface area (Å²) in [6, 6.07) is 0. The molecular weight excluding hydrogens is 264 g/mol. The van der Waals surface area contributed by atoms with Crippen molar-refractivity contribution in [2.75, 3.05) is 11.9 Å². The SMILES string of the molecule is CCCCNc1nnc(-c2sc(C)nc2CC)s1.